The number of carbonyl (C=O) groups is 1. The Morgan fingerprint density at radius 3 is 2.88 bits per heavy atom. The number of fused-ring (bicyclic) bond motifs is 1. The summed E-state index contributed by atoms with van der Waals surface area (Å²) in [5.74, 6) is -1.44. The number of carboxylic acids is 1. The molecule has 0 saturated heterocycles. The zero-order valence-electron chi connectivity index (χ0n) is 8.48. The van der Waals surface area contributed by atoms with E-state index >= 15 is 0 Å². The Bertz CT molecular complexity index is 606. The Morgan fingerprint density at radius 2 is 2.29 bits per heavy atom. The fourth-order valence-electron chi connectivity index (χ4n) is 1.47. The van der Waals surface area contributed by atoms with Gasteiger partial charge in [-0.3, -0.25) is 9.20 Å². The van der Waals surface area contributed by atoms with Gasteiger partial charge in [0.15, 0.2) is 0 Å². The smallest absolute Gasteiger partial charge is 0.389 e. The maximum atomic E-state index is 10.7. The van der Waals surface area contributed by atoms with Crippen molar-refractivity contribution in [1.29, 1.82) is 0 Å². The number of carboxylic acid groups (broad SMARTS) is 1. The molecule has 2 rings (SSSR count). The van der Waals surface area contributed by atoms with Gasteiger partial charge < -0.3 is 21.0 Å². The second kappa shape index (κ2) is 3.83. The van der Waals surface area contributed by atoms with Crippen LogP contribution in [-0.2, 0) is 4.79 Å². The van der Waals surface area contributed by atoms with Gasteiger partial charge in [-0.1, -0.05) is 6.07 Å². The van der Waals surface area contributed by atoms with Crippen LogP contribution in [0.1, 0.15) is 11.6 Å². The van der Waals surface area contributed by atoms with Crippen molar-refractivity contribution in [2.75, 3.05) is 0 Å². The molecule has 1 atom stereocenters. The van der Waals surface area contributed by atoms with Crippen molar-refractivity contribution in [2.45, 2.75) is 6.04 Å². The third kappa shape index (κ3) is 1.81. The van der Waals surface area contributed by atoms with Crippen LogP contribution in [0.5, 0.6) is 0 Å². The van der Waals surface area contributed by atoms with E-state index in [-0.39, 0.29) is 11.3 Å². The van der Waals surface area contributed by atoms with E-state index in [4.69, 9.17) is 10.8 Å². The average Bonchev–Trinajstić information content (AvgIpc) is 2.70. The van der Waals surface area contributed by atoms with Crippen molar-refractivity contribution in [3.63, 3.8) is 0 Å². The van der Waals surface area contributed by atoms with Crippen LogP contribution >= 0.6 is 0 Å². The minimum Gasteiger partial charge on any atom is -0.480 e. The number of aromatic nitrogens is 2. The second-order valence-corrected chi connectivity index (χ2v) is 3.40. The molecule has 1 unspecified atom stereocenters. The molecule has 0 bridgehead atoms. The van der Waals surface area contributed by atoms with Crippen molar-refractivity contribution < 1.29 is 14.8 Å². The van der Waals surface area contributed by atoms with Crippen molar-refractivity contribution in [3.05, 3.63) is 40.3 Å². The lowest BCUT2D eigenvalue weighted by atomic mass is 10.1. The van der Waals surface area contributed by atoms with E-state index in [1.165, 1.54) is 29.1 Å². The Morgan fingerprint density at radius 1 is 1.59 bits per heavy atom. The predicted octanol–water partition coefficient (Wildman–Crippen LogP) is 0.327. The zero-order chi connectivity index (χ0) is 12.6. The zero-order valence-corrected chi connectivity index (χ0v) is 8.48. The molecule has 0 aliphatic carbocycles. The summed E-state index contributed by atoms with van der Waals surface area (Å²) in [5, 5.41) is 19.4. The van der Waals surface area contributed by atoms with Crippen molar-refractivity contribution in [1.82, 2.24) is 9.38 Å². The summed E-state index contributed by atoms with van der Waals surface area (Å²) in [4.78, 5) is 24.3. The molecule has 3 N–H and O–H groups in total. The summed E-state index contributed by atoms with van der Waals surface area (Å²) in [6, 6.07) is 1.69. The van der Waals surface area contributed by atoms with Crippen LogP contribution in [-0.4, -0.2) is 25.4 Å². The number of imidazole rings is 1. The predicted molar refractivity (Wildman–Crippen MR) is 56.4 cm³/mol. The third-order valence-electron chi connectivity index (χ3n) is 2.33. The molecule has 0 radical (unpaired) electrons. The molecule has 0 fully saturated rings. The molecule has 88 valence electrons. The van der Waals surface area contributed by atoms with Crippen LogP contribution in [0.4, 0.5) is 5.82 Å². The summed E-state index contributed by atoms with van der Waals surface area (Å²) < 4.78 is 1.37. The molecule has 0 aliphatic rings. The minimum absolute atomic E-state index is 0.277. The first-order valence-corrected chi connectivity index (χ1v) is 4.60. The molecular formula is C9H8N4O4. The molecule has 2 aromatic rings. The standard InChI is InChI=1S/C9H8N4O4/c10-7(9(14)15)5-1-2-6-8(13(16)17)11-4-12(6)3-5/h1-4,7H,10H2,(H,14,15). The van der Waals surface area contributed by atoms with Gasteiger partial charge in [0.1, 0.15) is 11.6 Å². The van der Waals surface area contributed by atoms with Crippen molar-refractivity contribution in [3.8, 4) is 0 Å². The molecule has 8 heteroatoms. The fraction of sp³-hybridized carbons (Fsp3) is 0.111. The average molecular weight is 236 g/mol. The highest BCUT2D eigenvalue weighted by atomic mass is 16.6. The van der Waals surface area contributed by atoms with Crippen LogP contribution in [0.2, 0.25) is 0 Å². The van der Waals surface area contributed by atoms with E-state index in [0.29, 0.717) is 5.56 Å². The van der Waals surface area contributed by atoms with Gasteiger partial charge in [-0.2, -0.15) is 0 Å². The van der Waals surface area contributed by atoms with Gasteiger partial charge in [-0.05, 0) is 21.5 Å². The summed E-state index contributed by atoms with van der Waals surface area (Å²) >= 11 is 0. The van der Waals surface area contributed by atoms with Gasteiger partial charge in [-0.15, -0.1) is 0 Å². The largest absolute Gasteiger partial charge is 0.480 e. The number of rotatable bonds is 3. The molecule has 0 amide bonds. The monoisotopic (exact) mass is 236 g/mol. The lowest BCUT2D eigenvalue weighted by molar-refractivity contribution is -0.387. The Kier molecular flexibility index (Phi) is 2.48. The van der Waals surface area contributed by atoms with Crippen LogP contribution in [0.15, 0.2) is 24.7 Å². The lowest BCUT2D eigenvalue weighted by Crippen LogP contribution is -2.20. The maximum absolute atomic E-state index is 10.7. The number of aliphatic carboxylic acids is 1. The quantitative estimate of drug-likeness (QED) is 0.584. The summed E-state index contributed by atoms with van der Waals surface area (Å²) in [5.41, 5.74) is 6.06. The van der Waals surface area contributed by atoms with Gasteiger partial charge >= 0.3 is 11.8 Å². The number of nitro groups is 1. The Balaban J connectivity index is 2.53. The minimum atomic E-state index is -1.17. The van der Waals surface area contributed by atoms with E-state index in [2.05, 4.69) is 4.98 Å². The number of nitrogens with zero attached hydrogens (tertiary/aromatic N) is 3. The molecule has 0 saturated carbocycles. The summed E-state index contributed by atoms with van der Waals surface area (Å²) in [7, 11) is 0. The van der Waals surface area contributed by atoms with E-state index in [9.17, 15) is 14.9 Å². The highest BCUT2D eigenvalue weighted by Crippen LogP contribution is 2.20. The van der Waals surface area contributed by atoms with Gasteiger partial charge in [-0.25, -0.2) is 0 Å². The molecule has 17 heavy (non-hydrogen) atoms. The number of hydrogen-bond donors (Lipinski definition) is 2. The fourth-order valence-corrected chi connectivity index (χ4v) is 1.47. The molecule has 2 aromatic heterocycles. The lowest BCUT2D eigenvalue weighted by Gasteiger charge is -2.06. The van der Waals surface area contributed by atoms with Crippen LogP contribution in [0.3, 0.4) is 0 Å². The van der Waals surface area contributed by atoms with Gasteiger partial charge in [0, 0.05) is 6.20 Å². The summed E-state index contributed by atoms with van der Waals surface area (Å²) in [6.07, 6.45) is 2.65. The molecule has 0 aliphatic heterocycles. The maximum Gasteiger partial charge on any atom is 0.389 e. The number of pyridine rings is 1. The van der Waals surface area contributed by atoms with Gasteiger partial charge in [0.2, 0.25) is 6.33 Å². The van der Waals surface area contributed by atoms with Crippen LogP contribution in [0, 0.1) is 10.1 Å². The first-order chi connectivity index (χ1) is 8.00. The van der Waals surface area contributed by atoms with E-state index < -0.39 is 16.9 Å². The number of nitrogens with two attached hydrogens (primary N) is 1. The first-order valence-electron chi connectivity index (χ1n) is 4.60. The number of hydrogen-bond acceptors (Lipinski definition) is 5. The van der Waals surface area contributed by atoms with Crippen LogP contribution in [0.25, 0.3) is 5.52 Å². The van der Waals surface area contributed by atoms with Gasteiger partial charge in [0.05, 0.1) is 0 Å². The second-order valence-electron chi connectivity index (χ2n) is 3.40. The third-order valence-corrected chi connectivity index (χ3v) is 2.33. The first kappa shape index (κ1) is 11.0. The Hall–Kier alpha value is -2.48. The molecule has 0 aromatic carbocycles. The topological polar surface area (TPSA) is 124 Å². The van der Waals surface area contributed by atoms with E-state index in [0.717, 1.165) is 0 Å². The SMILES string of the molecule is NC(C(=O)O)c1ccc2c([N+](=O)[O-])ncn2c1. The van der Waals surface area contributed by atoms with E-state index in [1.807, 2.05) is 0 Å². The van der Waals surface area contributed by atoms with Crippen molar-refractivity contribution in [2.24, 2.45) is 5.73 Å². The molecular weight excluding hydrogens is 228 g/mol. The molecule has 2 heterocycles. The highest BCUT2D eigenvalue weighted by molar-refractivity contribution is 5.75. The van der Waals surface area contributed by atoms with Crippen molar-refractivity contribution >= 4 is 17.3 Å². The highest BCUT2D eigenvalue weighted by Gasteiger charge is 2.19. The molecule has 0 spiro atoms. The van der Waals surface area contributed by atoms with Crippen LogP contribution < -0.4 is 5.73 Å². The normalized spacial score (nSPS) is 12.5. The molecule has 8 nitrogen and oxygen atoms in total. The van der Waals surface area contributed by atoms with E-state index in [1.54, 1.807) is 0 Å². The summed E-state index contributed by atoms with van der Waals surface area (Å²) in [6.45, 7) is 0. The van der Waals surface area contributed by atoms with Gasteiger partial charge in [0.25, 0.3) is 0 Å². The Labute approximate surface area is 94.4 Å².